The predicted octanol–water partition coefficient (Wildman–Crippen LogP) is 3.87. The molecule has 0 radical (unpaired) electrons. The quantitative estimate of drug-likeness (QED) is 0.544. The van der Waals surface area contributed by atoms with Crippen molar-refractivity contribution in [2.24, 2.45) is 0 Å². The third kappa shape index (κ3) is 4.05. The number of hydrogen-bond acceptors (Lipinski definition) is 7. The van der Waals surface area contributed by atoms with E-state index in [0.717, 1.165) is 54.9 Å². The number of phenols is 1. The van der Waals surface area contributed by atoms with E-state index in [2.05, 4.69) is 44.3 Å². The summed E-state index contributed by atoms with van der Waals surface area (Å²) in [5, 5.41) is 11.7. The van der Waals surface area contributed by atoms with Gasteiger partial charge in [-0.25, -0.2) is 9.97 Å². The van der Waals surface area contributed by atoms with E-state index in [0.29, 0.717) is 5.82 Å². The second-order valence-electron chi connectivity index (χ2n) is 7.75. The minimum Gasteiger partial charge on any atom is -0.508 e. The second-order valence-corrected chi connectivity index (χ2v) is 8.75. The van der Waals surface area contributed by atoms with Gasteiger partial charge in [0.25, 0.3) is 0 Å². The number of aromatic nitrogens is 3. The topological polar surface area (TPSA) is 65.4 Å². The summed E-state index contributed by atoms with van der Waals surface area (Å²) in [7, 11) is 2.18. The Hall–Kier alpha value is -2.87. The van der Waals surface area contributed by atoms with E-state index in [1.807, 2.05) is 18.3 Å². The maximum Gasteiger partial charge on any atom is 0.159 e. The maximum absolute atomic E-state index is 9.50. The van der Waals surface area contributed by atoms with Crippen molar-refractivity contribution in [1.82, 2.24) is 24.8 Å². The number of rotatable bonds is 4. The Morgan fingerprint density at radius 1 is 0.900 bits per heavy atom. The number of piperazine rings is 1. The molecule has 1 N–H and O–H groups in total. The number of benzene rings is 1. The van der Waals surface area contributed by atoms with Gasteiger partial charge in [0.2, 0.25) is 0 Å². The molecule has 1 aromatic carbocycles. The predicted molar refractivity (Wildman–Crippen MR) is 121 cm³/mol. The van der Waals surface area contributed by atoms with Crippen LogP contribution in [0.5, 0.6) is 5.75 Å². The van der Waals surface area contributed by atoms with Gasteiger partial charge < -0.3 is 10.0 Å². The third-order valence-electron chi connectivity index (χ3n) is 5.52. The normalized spacial score (nSPS) is 15.6. The van der Waals surface area contributed by atoms with Crippen LogP contribution >= 0.6 is 11.3 Å². The Morgan fingerprint density at radius 3 is 2.50 bits per heavy atom. The molecule has 3 aromatic heterocycles. The van der Waals surface area contributed by atoms with E-state index in [1.165, 1.54) is 10.4 Å². The van der Waals surface area contributed by atoms with Gasteiger partial charge in [0, 0.05) is 54.9 Å². The molecular weight excluding hydrogens is 394 g/mol. The Balaban J connectivity index is 1.39. The number of pyridine rings is 1. The maximum atomic E-state index is 9.50. The summed E-state index contributed by atoms with van der Waals surface area (Å²) in [4.78, 5) is 20.0. The highest BCUT2D eigenvalue weighted by atomic mass is 32.1. The van der Waals surface area contributed by atoms with Gasteiger partial charge in [0.15, 0.2) is 5.82 Å². The van der Waals surface area contributed by atoms with Crippen molar-refractivity contribution in [2.75, 3.05) is 33.2 Å². The lowest BCUT2D eigenvalue weighted by Crippen LogP contribution is -2.43. The van der Waals surface area contributed by atoms with Crippen LogP contribution in [0.1, 0.15) is 4.88 Å². The highest BCUT2D eigenvalue weighted by Crippen LogP contribution is 2.28. The first-order chi connectivity index (χ1) is 14.6. The molecule has 4 heterocycles. The minimum atomic E-state index is 0.230. The first kappa shape index (κ1) is 19.1. The molecule has 0 bridgehead atoms. The standard InChI is InChI=1S/C23H23N5OS/c1-27-6-8-28(9-7-27)14-20-10-18(15-30-20)17-11-21-22(24-12-17)13-25-23(26-21)16-2-4-19(29)5-3-16/h2-5,10-13,15,29H,6-9,14H2,1H3. The first-order valence-corrected chi connectivity index (χ1v) is 10.9. The molecule has 0 unspecified atom stereocenters. The fourth-order valence-corrected chi connectivity index (χ4v) is 4.60. The summed E-state index contributed by atoms with van der Waals surface area (Å²) in [6.45, 7) is 5.52. The molecule has 1 aliphatic rings. The SMILES string of the molecule is CN1CCN(Cc2cc(-c3cnc4cnc(-c5ccc(O)cc5)nc4c3)cs2)CC1. The zero-order valence-electron chi connectivity index (χ0n) is 16.8. The molecule has 30 heavy (non-hydrogen) atoms. The van der Waals surface area contributed by atoms with Crippen LogP contribution < -0.4 is 0 Å². The van der Waals surface area contributed by atoms with Crippen molar-refractivity contribution in [1.29, 1.82) is 0 Å². The molecule has 7 heteroatoms. The van der Waals surface area contributed by atoms with Gasteiger partial charge >= 0.3 is 0 Å². The van der Waals surface area contributed by atoms with Gasteiger partial charge in [-0.1, -0.05) is 0 Å². The molecule has 1 saturated heterocycles. The smallest absolute Gasteiger partial charge is 0.159 e. The van der Waals surface area contributed by atoms with Crippen molar-refractivity contribution < 1.29 is 5.11 Å². The molecule has 1 aliphatic heterocycles. The molecule has 1 fully saturated rings. The molecule has 0 saturated carbocycles. The Kier molecular flexibility index (Phi) is 5.16. The molecular formula is C23H23N5OS. The summed E-state index contributed by atoms with van der Waals surface area (Å²) >= 11 is 1.81. The number of fused-ring (bicyclic) bond motifs is 1. The van der Waals surface area contributed by atoms with Gasteiger partial charge in [-0.15, -0.1) is 11.3 Å². The summed E-state index contributed by atoms with van der Waals surface area (Å²) < 4.78 is 0. The molecule has 152 valence electrons. The zero-order chi connectivity index (χ0) is 20.5. The lowest BCUT2D eigenvalue weighted by Gasteiger charge is -2.31. The average molecular weight is 418 g/mol. The van der Waals surface area contributed by atoms with Crippen LogP contribution in [0.3, 0.4) is 0 Å². The van der Waals surface area contributed by atoms with E-state index in [4.69, 9.17) is 4.98 Å². The average Bonchev–Trinajstić information content (AvgIpc) is 3.24. The van der Waals surface area contributed by atoms with E-state index < -0.39 is 0 Å². The summed E-state index contributed by atoms with van der Waals surface area (Å²) in [6, 6.07) is 11.3. The highest BCUT2D eigenvalue weighted by Gasteiger charge is 2.15. The van der Waals surface area contributed by atoms with Crippen LogP contribution in [0, 0.1) is 0 Å². The third-order valence-corrected chi connectivity index (χ3v) is 6.44. The minimum absolute atomic E-state index is 0.230. The van der Waals surface area contributed by atoms with E-state index >= 15 is 0 Å². The Morgan fingerprint density at radius 2 is 1.70 bits per heavy atom. The number of thiophene rings is 1. The van der Waals surface area contributed by atoms with Crippen molar-refractivity contribution >= 4 is 22.4 Å². The van der Waals surface area contributed by atoms with Crippen LogP contribution in [0.2, 0.25) is 0 Å². The monoisotopic (exact) mass is 417 g/mol. The van der Waals surface area contributed by atoms with Crippen molar-refractivity contribution in [3.63, 3.8) is 0 Å². The molecule has 6 nitrogen and oxygen atoms in total. The van der Waals surface area contributed by atoms with Crippen molar-refractivity contribution in [3.05, 3.63) is 59.0 Å². The molecule has 4 aromatic rings. The fraction of sp³-hybridized carbons (Fsp3) is 0.261. The molecule has 5 rings (SSSR count). The second kappa shape index (κ2) is 8.10. The number of nitrogens with zero attached hydrogens (tertiary/aromatic N) is 5. The van der Waals surface area contributed by atoms with Crippen LogP contribution in [0.25, 0.3) is 33.5 Å². The number of likely N-dealkylation sites (N-methyl/N-ethyl adjacent to an activating group) is 1. The molecule has 0 amide bonds. The summed E-state index contributed by atoms with van der Waals surface area (Å²) in [5.41, 5.74) is 4.71. The van der Waals surface area contributed by atoms with E-state index in [-0.39, 0.29) is 5.75 Å². The van der Waals surface area contributed by atoms with Crippen LogP contribution in [0.15, 0.2) is 54.2 Å². The van der Waals surface area contributed by atoms with Crippen LogP contribution in [-0.4, -0.2) is 63.1 Å². The largest absolute Gasteiger partial charge is 0.508 e. The van der Waals surface area contributed by atoms with Gasteiger partial charge in [-0.05, 0) is 54.4 Å². The summed E-state index contributed by atoms with van der Waals surface area (Å²) in [5.74, 6) is 0.857. The van der Waals surface area contributed by atoms with Crippen molar-refractivity contribution in [3.8, 4) is 28.3 Å². The molecule has 0 spiro atoms. The Labute approximate surface area is 179 Å². The van der Waals surface area contributed by atoms with Gasteiger partial charge in [0.1, 0.15) is 11.3 Å². The first-order valence-electron chi connectivity index (χ1n) is 10.0. The van der Waals surface area contributed by atoms with Crippen LogP contribution in [0.4, 0.5) is 0 Å². The fourth-order valence-electron chi connectivity index (χ4n) is 3.67. The van der Waals surface area contributed by atoms with Crippen LogP contribution in [-0.2, 0) is 6.54 Å². The number of hydrogen-bond donors (Lipinski definition) is 1. The lowest BCUT2D eigenvalue weighted by molar-refractivity contribution is 0.149. The molecule has 0 aliphatic carbocycles. The van der Waals surface area contributed by atoms with Gasteiger partial charge in [-0.3, -0.25) is 9.88 Å². The van der Waals surface area contributed by atoms with Gasteiger partial charge in [-0.2, -0.15) is 0 Å². The number of phenolic OH excluding ortho intramolecular Hbond substituents is 1. The highest BCUT2D eigenvalue weighted by molar-refractivity contribution is 7.10. The molecule has 0 atom stereocenters. The van der Waals surface area contributed by atoms with E-state index in [9.17, 15) is 5.11 Å². The zero-order valence-corrected chi connectivity index (χ0v) is 17.6. The van der Waals surface area contributed by atoms with Gasteiger partial charge in [0.05, 0.1) is 11.7 Å². The summed E-state index contributed by atoms with van der Waals surface area (Å²) in [6.07, 6.45) is 3.65. The Bertz CT molecular complexity index is 1170. The lowest BCUT2D eigenvalue weighted by atomic mass is 10.1. The number of aromatic hydroxyl groups is 1. The van der Waals surface area contributed by atoms with E-state index in [1.54, 1.807) is 29.7 Å². The van der Waals surface area contributed by atoms with Crippen molar-refractivity contribution in [2.45, 2.75) is 6.54 Å².